The van der Waals surface area contributed by atoms with Gasteiger partial charge >= 0.3 is 0 Å². The van der Waals surface area contributed by atoms with Gasteiger partial charge in [0.15, 0.2) is 0 Å². The van der Waals surface area contributed by atoms with E-state index in [1.165, 1.54) is 11.1 Å². The van der Waals surface area contributed by atoms with Gasteiger partial charge in [-0.05, 0) is 41.5 Å². The minimum absolute atomic E-state index is 0.0235. The van der Waals surface area contributed by atoms with E-state index >= 15 is 0 Å². The highest BCUT2D eigenvalue weighted by molar-refractivity contribution is 9.10. The summed E-state index contributed by atoms with van der Waals surface area (Å²) in [7, 11) is 0. The minimum Gasteiger partial charge on any atom is -0.355 e. The van der Waals surface area contributed by atoms with Gasteiger partial charge in [0.25, 0.3) is 0 Å². The predicted octanol–water partition coefficient (Wildman–Crippen LogP) is 5.49. The zero-order valence-electron chi connectivity index (χ0n) is 10.2. The lowest BCUT2D eigenvalue weighted by Crippen LogP contribution is -2.25. The monoisotopic (exact) mass is 321 g/mol. The lowest BCUT2D eigenvalue weighted by molar-refractivity contribution is 0.637. The summed E-state index contributed by atoms with van der Waals surface area (Å²) in [6.45, 7) is 4.48. The standard InChI is InChI=1S/C15H13BrClN/c1-15(2)11-5-4-10(17)8-14(11)18-13-6-3-9(16)7-12(13)15/h3-8,18H,1-2H3. The van der Waals surface area contributed by atoms with Gasteiger partial charge in [-0.2, -0.15) is 0 Å². The molecule has 0 radical (unpaired) electrons. The summed E-state index contributed by atoms with van der Waals surface area (Å²) in [5.41, 5.74) is 4.80. The first-order chi connectivity index (χ1) is 8.48. The maximum Gasteiger partial charge on any atom is 0.0440 e. The minimum atomic E-state index is -0.0235. The van der Waals surface area contributed by atoms with E-state index in [0.717, 1.165) is 20.9 Å². The second kappa shape index (κ2) is 4.01. The molecule has 1 N–H and O–H groups in total. The Morgan fingerprint density at radius 3 is 2.56 bits per heavy atom. The van der Waals surface area contributed by atoms with E-state index in [1.807, 2.05) is 12.1 Å². The van der Waals surface area contributed by atoms with Crippen molar-refractivity contribution >= 4 is 38.9 Å². The highest BCUT2D eigenvalue weighted by Gasteiger charge is 2.32. The first kappa shape index (κ1) is 12.1. The van der Waals surface area contributed by atoms with E-state index in [9.17, 15) is 0 Å². The average molecular weight is 323 g/mol. The summed E-state index contributed by atoms with van der Waals surface area (Å²) in [4.78, 5) is 0. The third-order valence-electron chi connectivity index (χ3n) is 3.58. The Morgan fingerprint density at radius 1 is 1.00 bits per heavy atom. The molecule has 0 aromatic heterocycles. The van der Waals surface area contributed by atoms with Gasteiger partial charge in [0, 0.05) is 26.3 Å². The molecule has 2 aromatic rings. The van der Waals surface area contributed by atoms with Crippen molar-refractivity contribution in [1.29, 1.82) is 0 Å². The van der Waals surface area contributed by atoms with Crippen LogP contribution in [0.4, 0.5) is 11.4 Å². The molecule has 3 rings (SSSR count). The van der Waals surface area contributed by atoms with Crippen molar-refractivity contribution in [2.75, 3.05) is 5.32 Å². The zero-order valence-corrected chi connectivity index (χ0v) is 12.6. The number of fused-ring (bicyclic) bond motifs is 2. The molecular weight excluding hydrogens is 310 g/mol. The fraction of sp³-hybridized carbons (Fsp3) is 0.200. The lowest BCUT2D eigenvalue weighted by atomic mass is 9.74. The van der Waals surface area contributed by atoms with Gasteiger partial charge in [-0.3, -0.25) is 0 Å². The van der Waals surface area contributed by atoms with Gasteiger partial charge < -0.3 is 5.32 Å². The topological polar surface area (TPSA) is 12.0 Å². The highest BCUT2D eigenvalue weighted by Crippen LogP contribution is 2.46. The van der Waals surface area contributed by atoms with Crippen LogP contribution in [0.3, 0.4) is 0 Å². The summed E-state index contributed by atoms with van der Waals surface area (Å²) >= 11 is 9.62. The second-order valence-electron chi connectivity index (χ2n) is 5.13. The first-order valence-corrected chi connectivity index (χ1v) is 7.02. The average Bonchev–Trinajstić information content (AvgIpc) is 2.30. The number of hydrogen-bond acceptors (Lipinski definition) is 1. The number of hydrogen-bond donors (Lipinski definition) is 1. The van der Waals surface area contributed by atoms with E-state index in [4.69, 9.17) is 11.6 Å². The highest BCUT2D eigenvalue weighted by atomic mass is 79.9. The Morgan fingerprint density at radius 2 is 1.78 bits per heavy atom. The smallest absolute Gasteiger partial charge is 0.0440 e. The van der Waals surface area contributed by atoms with Gasteiger partial charge in [0.1, 0.15) is 0 Å². The number of halogens is 2. The molecule has 0 fully saturated rings. The number of rotatable bonds is 0. The Bertz CT molecular complexity index is 634. The van der Waals surface area contributed by atoms with E-state index in [1.54, 1.807) is 0 Å². The normalized spacial score (nSPS) is 15.6. The van der Waals surface area contributed by atoms with Gasteiger partial charge in [-0.15, -0.1) is 0 Å². The summed E-state index contributed by atoms with van der Waals surface area (Å²) in [5.74, 6) is 0. The van der Waals surface area contributed by atoms with Gasteiger partial charge in [-0.1, -0.05) is 47.4 Å². The quantitative estimate of drug-likeness (QED) is 0.676. The van der Waals surface area contributed by atoms with Crippen LogP contribution in [0.15, 0.2) is 40.9 Å². The number of nitrogens with one attached hydrogen (secondary N) is 1. The van der Waals surface area contributed by atoms with E-state index < -0.39 is 0 Å². The molecule has 0 amide bonds. The van der Waals surface area contributed by atoms with Crippen molar-refractivity contribution in [3.63, 3.8) is 0 Å². The van der Waals surface area contributed by atoms with Crippen LogP contribution in [0.5, 0.6) is 0 Å². The van der Waals surface area contributed by atoms with Crippen LogP contribution < -0.4 is 5.32 Å². The van der Waals surface area contributed by atoms with Crippen molar-refractivity contribution in [1.82, 2.24) is 0 Å². The zero-order chi connectivity index (χ0) is 12.9. The molecular formula is C15H13BrClN. The molecule has 1 nitrogen and oxygen atoms in total. The summed E-state index contributed by atoms with van der Waals surface area (Å²) in [5, 5.41) is 4.22. The number of anilines is 2. The van der Waals surface area contributed by atoms with Gasteiger partial charge in [0.05, 0.1) is 0 Å². The van der Waals surface area contributed by atoms with Crippen LogP contribution in [0.25, 0.3) is 0 Å². The van der Waals surface area contributed by atoms with Crippen LogP contribution in [-0.4, -0.2) is 0 Å². The van der Waals surface area contributed by atoms with Crippen LogP contribution in [0.1, 0.15) is 25.0 Å². The van der Waals surface area contributed by atoms with Crippen molar-refractivity contribution in [3.05, 3.63) is 57.0 Å². The maximum atomic E-state index is 6.07. The van der Waals surface area contributed by atoms with Crippen molar-refractivity contribution in [2.24, 2.45) is 0 Å². The largest absolute Gasteiger partial charge is 0.355 e. The molecule has 18 heavy (non-hydrogen) atoms. The third kappa shape index (κ3) is 1.75. The third-order valence-corrected chi connectivity index (χ3v) is 4.31. The van der Waals surface area contributed by atoms with E-state index in [0.29, 0.717) is 0 Å². The van der Waals surface area contributed by atoms with E-state index in [-0.39, 0.29) is 5.41 Å². The molecule has 2 aromatic carbocycles. The van der Waals surface area contributed by atoms with Gasteiger partial charge in [0.2, 0.25) is 0 Å². The Labute approximate surface area is 120 Å². The molecule has 0 spiro atoms. The van der Waals surface area contributed by atoms with Crippen molar-refractivity contribution in [2.45, 2.75) is 19.3 Å². The molecule has 0 bridgehead atoms. The summed E-state index contributed by atoms with van der Waals surface area (Å²) < 4.78 is 1.11. The van der Waals surface area contributed by atoms with Gasteiger partial charge in [-0.25, -0.2) is 0 Å². The SMILES string of the molecule is CC1(C)c2ccc(Cl)cc2Nc2ccc(Br)cc21. The van der Waals surface area contributed by atoms with E-state index in [2.05, 4.69) is 59.4 Å². The van der Waals surface area contributed by atoms with Crippen LogP contribution in [0, 0.1) is 0 Å². The maximum absolute atomic E-state index is 6.07. The molecule has 1 heterocycles. The second-order valence-corrected chi connectivity index (χ2v) is 6.48. The van der Waals surface area contributed by atoms with Crippen molar-refractivity contribution < 1.29 is 0 Å². The van der Waals surface area contributed by atoms with Crippen LogP contribution in [0.2, 0.25) is 5.02 Å². The molecule has 92 valence electrons. The van der Waals surface area contributed by atoms with Crippen LogP contribution in [-0.2, 0) is 5.41 Å². The number of benzene rings is 2. The Hall–Kier alpha value is -0.990. The first-order valence-electron chi connectivity index (χ1n) is 5.85. The fourth-order valence-corrected chi connectivity index (χ4v) is 3.13. The molecule has 0 unspecified atom stereocenters. The summed E-state index contributed by atoms with van der Waals surface area (Å²) in [6.07, 6.45) is 0. The van der Waals surface area contributed by atoms with Crippen molar-refractivity contribution in [3.8, 4) is 0 Å². The molecule has 0 aliphatic carbocycles. The molecule has 0 saturated carbocycles. The predicted molar refractivity (Wildman–Crippen MR) is 81.0 cm³/mol. The molecule has 3 heteroatoms. The Balaban J connectivity index is 2.26. The Kier molecular flexibility index (Phi) is 2.68. The lowest BCUT2D eigenvalue weighted by Gasteiger charge is -2.35. The summed E-state index contributed by atoms with van der Waals surface area (Å²) in [6, 6.07) is 12.4. The fourth-order valence-electron chi connectivity index (χ4n) is 2.60. The molecule has 1 aliphatic heterocycles. The van der Waals surface area contributed by atoms with Crippen LogP contribution >= 0.6 is 27.5 Å². The molecule has 0 saturated heterocycles. The molecule has 0 atom stereocenters. The molecule has 1 aliphatic rings.